The maximum Gasteiger partial charge on any atom is 0.356 e. The predicted molar refractivity (Wildman–Crippen MR) is 71.5 cm³/mol. The molecule has 3 heterocycles. The lowest BCUT2D eigenvalue weighted by molar-refractivity contribution is 0.0690. The van der Waals surface area contributed by atoms with Gasteiger partial charge in [-0.3, -0.25) is 4.40 Å². The molecule has 0 radical (unpaired) electrons. The third-order valence-corrected chi connectivity index (χ3v) is 3.63. The second-order valence-electron chi connectivity index (χ2n) is 4.85. The largest absolute Gasteiger partial charge is 0.476 e. The van der Waals surface area contributed by atoms with Crippen molar-refractivity contribution in [2.45, 2.75) is 6.42 Å². The van der Waals surface area contributed by atoms with Crippen molar-refractivity contribution in [1.82, 2.24) is 9.38 Å². The number of imidazole rings is 1. The van der Waals surface area contributed by atoms with Crippen molar-refractivity contribution in [3.8, 4) is 0 Å². The zero-order valence-electron chi connectivity index (χ0n) is 10.5. The van der Waals surface area contributed by atoms with Gasteiger partial charge in [-0.1, -0.05) is 6.07 Å². The minimum absolute atomic E-state index is 0.230. The Morgan fingerprint density at radius 2 is 2.37 bits per heavy atom. The number of anilines is 1. The number of carbonyl (C=O) groups is 1. The van der Waals surface area contributed by atoms with Crippen molar-refractivity contribution in [2.75, 3.05) is 24.5 Å². The second kappa shape index (κ2) is 4.55. The van der Waals surface area contributed by atoms with Crippen LogP contribution in [0.3, 0.4) is 0 Å². The molecule has 2 aromatic rings. The van der Waals surface area contributed by atoms with Crippen molar-refractivity contribution in [1.29, 1.82) is 0 Å². The predicted octanol–water partition coefficient (Wildman–Crippen LogP) is 0.817. The summed E-state index contributed by atoms with van der Waals surface area (Å²) in [6.07, 6.45) is 2.72. The van der Waals surface area contributed by atoms with Crippen LogP contribution >= 0.6 is 0 Å². The van der Waals surface area contributed by atoms with Crippen LogP contribution in [0, 0.1) is 5.92 Å². The minimum Gasteiger partial charge on any atom is -0.476 e. The molecule has 6 nitrogen and oxygen atoms in total. The molecule has 0 aromatic carbocycles. The summed E-state index contributed by atoms with van der Waals surface area (Å²) >= 11 is 0. The summed E-state index contributed by atoms with van der Waals surface area (Å²) in [5.74, 6) is 0.0194. The van der Waals surface area contributed by atoms with E-state index >= 15 is 0 Å². The lowest BCUT2D eigenvalue weighted by atomic mass is 10.1. The highest BCUT2D eigenvalue weighted by molar-refractivity contribution is 5.93. The monoisotopic (exact) mass is 260 g/mol. The van der Waals surface area contributed by atoms with Gasteiger partial charge in [-0.15, -0.1) is 0 Å². The van der Waals surface area contributed by atoms with Gasteiger partial charge in [-0.05, 0) is 31.0 Å². The first-order chi connectivity index (χ1) is 9.20. The Morgan fingerprint density at radius 3 is 3.05 bits per heavy atom. The van der Waals surface area contributed by atoms with Gasteiger partial charge in [0.15, 0.2) is 11.5 Å². The molecule has 1 saturated heterocycles. The lowest BCUT2D eigenvalue weighted by Crippen LogP contribution is -2.24. The van der Waals surface area contributed by atoms with Gasteiger partial charge in [-0.25, -0.2) is 9.78 Å². The highest BCUT2D eigenvalue weighted by Gasteiger charge is 2.28. The molecule has 1 atom stereocenters. The SMILES string of the molecule is NCC1CCN(c2nc3ccccn3c2C(=O)O)C1. The summed E-state index contributed by atoms with van der Waals surface area (Å²) in [6, 6.07) is 5.47. The third kappa shape index (κ3) is 1.94. The van der Waals surface area contributed by atoms with Gasteiger partial charge in [0.1, 0.15) is 5.65 Å². The number of pyridine rings is 1. The Balaban J connectivity index is 2.08. The summed E-state index contributed by atoms with van der Waals surface area (Å²) in [7, 11) is 0. The number of fused-ring (bicyclic) bond motifs is 1. The normalized spacial score (nSPS) is 19.2. The number of nitrogens with zero attached hydrogens (tertiary/aromatic N) is 3. The Morgan fingerprint density at radius 1 is 1.53 bits per heavy atom. The van der Waals surface area contributed by atoms with E-state index in [1.54, 1.807) is 16.7 Å². The molecule has 0 aliphatic carbocycles. The smallest absolute Gasteiger partial charge is 0.356 e. The number of aromatic nitrogens is 2. The Hall–Kier alpha value is -2.08. The number of carboxylic acid groups (broad SMARTS) is 1. The molecule has 1 aliphatic heterocycles. The molecule has 0 spiro atoms. The van der Waals surface area contributed by atoms with E-state index in [0.717, 1.165) is 19.5 Å². The van der Waals surface area contributed by atoms with Crippen LogP contribution in [-0.2, 0) is 0 Å². The zero-order chi connectivity index (χ0) is 13.4. The highest BCUT2D eigenvalue weighted by Crippen LogP contribution is 2.27. The van der Waals surface area contributed by atoms with Gasteiger partial charge in [0.05, 0.1) is 0 Å². The highest BCUT2D eigenvalue weighted by atomic mass is 16.4. The lowest BCUT2D eigenvalue weighted by Gasteiger charge is -2.16. The summed E-state index contributed by atoms with van der Waals surface area (Å²) in [4.78, 5) is 18.0. The fraction of sp³-hybridized carbons (Fsp3) is 0.385. The average Bonchev–Trinajstić information content (AvgIpc) is 3.02. The van der Waals surface area contributed by atoms with Crippen LogP contribution in [0.1, 0.15) is 16.9 Å². The maximum atomic E-state index is 11.5. The maximum absolute atomic E-state index is 11.5. The van der Waals surface area contributed by atoms with Crippen LogP contribution in [-0.4, -0.2) is 40.1 Å². The Kier molecular flexibility index (Phi) is 2.87. The molecular formula is C13H16N4O2. The van der Waals surface area contributed by atoms with Crippen LogP contribution in [0.25, 0.3) is 5.65 Å². The Bertz CT molecular complexity index is 622. The van der Waals surface area contributed by atoms with E-state index in [1.807, 2.05) is 17.0 Å². The number of hydrogen-bond acceptors (Lipinski definition) is 4. The molecule has 2 aromatic heterocycles. The second-order valence-corrected chi connectivity index (χ2v) is 4.85. The minimum atomic E-state index is -0.954. The molecule has 1 aliphatic rings. The summed E-state index contributed by atoms with van der Waals surface area (Å²) in [6.45, 7) is 2.22. The number of carboxylic acids is 1. The van der Waals surface area contributed by atoms with Crippen molar-refractivity contribution >= 4 is 17.4 Å². The van der Waals surface area contributed by atoms with Crippen molar-refractivity contribution in [2.24, 2.45) is 11.7 Å². The van der Waals surface area contributed by atoms with Crippen molar-refractivity contribution in [3.63, 3.8) is 0 Å². The average molecular weight is 260 g/mol. The van der Waals surface area contributed by atoms with E-state index in [4.69, 9.17) is 5.73 Å². The molecule has 1 fully saturated rings. The third-order valence-electron chi connectivity index (χ3n) is 3.63. The fourth-order valence-corrected chi connectivity index (χ4v) is 2.62. The number of rotatable bonds is 3. The first-order valence-electron chi connectivity index (χ1n) is 6.36. The van der Waals surface area contributed by atoms with Gasteiger partial charge >= 0.3 is 5.97 Å². The van der Waals surface area contributed by atoms with E-state index in [9.17, 15) is 9.90 Å². The van der Waals surface area contributed by atoms with Crippen LogP contribution in [0.2, 0.25) is 0 Å². The quantitative estimate of drug-likeness (QED) is 0.853. The number of nitrogens with two attached hydrogens (primary N) is 1. The summed E-state index contributed by atoms with van der Waals surface area (Å²) in [5, 5.41) is 9.42. The fourth-order valence-electron chi connectivity index (χ4n) is 2.62. The van der Waals surface area contributed by atoms with Crippen LogP contribution < -0.4 is 10.6 Å². The molecule has 6 heteroatoms. The van der Waals surface area contributed by atoms with Crippen LogP contribution in [0.5, 0.6) is 0 Å². The van der Waals surface area contributed by atoms with Crippen LogP contribution in [0.4, 0.5) is 5.82 Å². The van der Waals surface area contributed by atoms with Crippen LogP contribution in [0.15, 0.2) is 24.4 Å². The van der Waals surface area contributed by atoms with E-state index in [2.05, 4.69) is 4.98 Å². The van der Waals surface area contributed by atoms with Gasteiger partial charge in [0, 0.05) is 19.3 Å². The first kappa shape index (κ1) is 12.0. The number of aromatic carboxylic acids is 1. The van der Waals surface area contributed by atoms with E-state index in [-0.39, 0.29) is 5.69 Å². The first-order valence-corrected chi connectivity index (χ1v) is 6.36. The summed E-state index contributed by atoms with van der Waals surface area (Å²) < 4.78 is 1.62. The molecule has 3 rings (SSSR count). The summed E-state index contributed by atoms with van der Waals surface area (Å²) in [5.41, 5.74) is 6.57. The molecule has 1 unspecified atom stereocenters. The molecule has 19 heavy (non-hydrogen) atoms. The molecule has 0 saturated carbocycles. The van der Waals surface area contributed by atoms with E-state index < -0.39 is 5.97 Å². The van der Waals surface area contributed by atoms with Crippen molar-refractivity contribution < 1.29 is 9.90 Å². The van der Waals surface area contributed by atoms with Gasteiger partial charge < -0.3 is 15.7 Å². The number of hydrogen-bond donors (Lipinski definition) is 2. The standard InChI is InChI=1S/C13H16N4O2/c14-7-9-4-6-16(8-9)12-11(13(18)19)17-5-2-1-3-10(17)15-12/h1-3,5,9H,4,6-8,14H2,(H,18,19). The topological polar surface area (TPSA) is 83.9 Å². The molecule has 100 valence electrons. The van der Waals surface area contributed by atoms with Gasteiger partial charge in [0.2, 0.25) is 0 Å². The molecule has 3 N–H and O–H groups in total. The van der Waals surface area contributed by atoms with Gasteiger partial charge in [0.25, 0.3) is 0 Å². The zero-order valence-corrected chi connectivity index (χ0v) is 10.5. The molecule has 0 amide bonds. The molecule has 0 bridgehead atoms. The Labute approximate surface area is 110 Å². The van der Waals surface area contributed by atoms with Crippen molar-refractivity contribution in [3.05, 3.63) is 30.1 Å². The van der Waals surface area contributed by atoms with E-state index in [1.165, 1.54) is 0 Å². The van der Waals surface area contributed by atoms with E-state index in [0.29, 0.717) is 23.9 Å². The molecular weight excluding hydrogens is 244 g/mol. The van der Waals surface area contributed by atoms with Gasteiger partial charge in [-0.2, -0.15) is 0 Å².